The number of anilines is 1. The average Bonchev–Trinajstić information content (AvgIpc) is 2.39. The molecule has 0 bridgehead atoms. The smallest absolute Gasteiger partial charge is 0.102 e. The van der Waals surface area contributed by atoms with Gasteiger partial charge in [0, 0.05) is 6.04 Å². The molecule has 0 fully saturated rings. The van der Waals surface area contributed by atoms with E-state index in [9.17, 15) is 5.26 Å². The van der Waals surface area contributed by atoms with Crippen molar-refractivity contribution in [2.24, 2.45) is 0 Å². The van der Waals surface area contributed by atoms with Crippen LogP contribution in [-0.4, -0.2) is 0 Å². The Morgan fingerprint density at radius 3 is 2.37 bits per heavy atom. The van der Waals surface area contributed by atoms with E-state index in [0.29, 0.717) is 0 Å². The second-order valence-corrected chi connectivity index (χ2v) is 4.83. The average molecular weight is 250 g/mol. The van der Waals surface area contributed by atoms with E-state index in [4.69, 9.17) is 0 Å². The van der Waals surface area contributed by atoms with Crippen molar-refractivity contribution in [3.63, 3.8) is 0 Å². The maximum absolute atomic E-state index is 9.25. The van der Waals surface area contributed by atoms with E-state index < -0.39 is 0 Å². The number of rotatable bonds is 3. The number of nitrogens with one attached hydrogen (secondary N) is 1. The first-order valence-electron chi connectivity index (χ1n) is 6.45. The molecule has 2 rings (SSSR count). The van der Waals surface area contributed by atoms with Gasteiger partial charge in [0.1, 0.15) is 6.07 Å². The molecule has 0 aromatic heterocycles. The highest BCUT2D eigenvalue weighted by Gasteiger charge is 2.11. The van der Waals surface area contributed by atoms with Gasteiger partial charge in [-0.05, 0) is 43.5 Å². The Balaban J connectivity index is 2.30. The third-order valence-corrected chi connectivity index (χ3v) is 3.41. The number of benzene rings is 2. The lowest BCUT2D eigenvalue weighted by Gasteiger charge is -2.19. The monoisotopic (exact) mass is 250 g/mol. The van der Waals surface area contributed by atoms with Crippen LogP contribution in [0.25, 0.3) is 0 Å². The Hall–Kier alpha value is -2.27. The van der Waals surface area contributed by atoms with Crippen molar-refractivity contribution in [2.75, 3.05) is 5.32 Å². The van der Waals surface area contributed by atoms with E-state index in [1.807, 2.05) is 37.3 Å². The number of nitrogens with zero attached hydrogens (tertiary/aromatic N) is 1. The summed E-state index contributed by atoms with van der Waals surface area (Å²) in [6, 6.07) is 16.7. The molecule has 1 atom stereocenters. The molecule has 0 heterocycles. The maximum atomic E-state index is 9.25. The summed E-state index contributed by atoms with van der Waals surface area (Å²) < 4.78 is 0. The number of nitriles is 1. The molecule has 2 nitrogen and oxygen atoms in total. The van der Waals surface area contributed by atoms with Crippen molar-refractivity contribution < 1.29 is 0 Å². The Bertz CT molecular complexity index is 623. The van der Waals surface area contributed by atoms with Crippen LogP contribution in [0.3, 0.4) is 0 Å². The SMILES string of the molecule is Cc1ccccc1C(C)Nc1cccc(C)c1C#N. The molecule has 2 heteroatoms. The van der Waals surface area contributed by atoms with Gasteiger partial charge < -0.3 is 5.32 Å². The summed E-state index contributed by atoms with van der Waals surface area (Å²) in [5, 5.41) is 12.7. The van der Waals surface area contributed by atoms with Crippen LogP contribution in [0.2, 0.25) is 0 Å². The summed E-state index contributed by atoms with van der Waals surface area (Å²) in [5.41, 5.74) is 5.15. The van der Waals surface area contributed by atoms with Crippen molar-refractivity contribution in [3.05, 3.63) is 64.7 Å². The molecule has 0 aliphatic carbocycles. The molecule has 2 aromatic rings. The fourth-order valence-corrected chi connectivity index (χ4v) is 2.32. The zero-order chi connectivity index (χ0) is 13.8. The summed E-state index contributed by atoms with van der Waals surface area (Å²) in [5.74, 6) is 0. The second-order valence-electron chi connectivity index (χ2n) is 4.83. The first kappa shape index (κ1) is 13.2. The highest BCUT2D eigenvalue weighted by Crippen LogP contribution is 2.25. The van der Waals surface area contributed by atoms with Crippen LogP contribution in [0, 0.1) is 25.2 Å². The predicted octanol–water partition coefficient (Wildman–Crippen LogP) is 4.35. The van der Waals surface area contributed by atoms with E-state index >= 15 is 0 Å². The summed E-state index contributed by atoms with van der Waals surface area (Å²) in [7, 11) is 0. The number of aryl methyl sites for hydroxylation is 2. The zero-order valence-corrected chi connectivity index (χ0v) is 11.6. The lowest BCUT2D eigenvalue weighted by Crippen LogP contribution is -2.09. The molecule has 0 radical (unpaired) electrons. The van der Waals surface area contributed by atoms with Crippen molar-refractivity contribution in [2.45, 2.75) is 26.8 Å². The second kappa shape index (κ2) is 5.58. The summed E-state index contributed by atoms with van der Waals surface area (Å²) >= 11 is 0. The Morgan fingerprint density at radius 1 is 1.00 bits per heavy atom. The molecule has 0 aliphatic heterocycles. The molecule has 1 unspecified atom stereocenters. The fraction of sp³-hybridized carbons (Fsp3) is 0.235. The van der Waals surface area contributed by atoms with Crippen molar-refractivity contribution in [1.29, 1.82) is 5.26 Å². The normalized spacial score (nSPS) is 11.7. The van der Waals surface area contributed by atoms with Crippen LogP contribution in [0.1, 0.15) is 35.2 Å². The summed E-state index contributed by atoms with van der Waals surface area (Å²) in [4.78, 5) is 0. The minimum Gasteiger partial charge on any atom is -0.377 e. The topological polar surface area (TPSA) is 35.8 Å². The van der Waals surface area contributed by atoms with Gasteiger partial charge in [0.05, 0.1) is 11.3 Å². The largest absolute Gasteiger partial charge is 0.377 e. The molecule has 96 valence electrons. The van der Waals surface area contributed by atoms with Crippen molar-refractivity contribution >= 4 is 5.69 Å². The quantitative estimate of drug-likeness (QED) is 0.879. The number of hydrogen-bond donors (Lipinski definition) is 1. The standard InChI is InChI=1S/C17H18N2/c1-12-7-4-5-9-15(12)14(3)19-17-10-6-8-13(2)16(17)11-18/h4-10,14,19H,1-3H3. The van der Waals surface area contributed by atoms with Gasteiger partial charge in [-0.15, -0.1) is 0 Å². The maximum Gasteiger partial charge on any atom is 0.102 e. The first-order valence-corrected chi connectivity index (χ1v) is 6.45. The zero-order valence-electron chi connectivity index (χ0n) is 11.6. The third kappa shape index (κ3) is 2.77. The highest BCUT2D eigenvalue weighted by molar-refractivity contribution is 5.61. The van der Waals surface area contributed by atoms with Crippen LogP contribution in [0.5, 0.6) is 0 Å². The van der Waals surface area contributed by atoms with Crippen molar-refractivity contribution in [3.8, 4) is 6.07 Å². The van der Waals surface area contributed by atoms with Gasteiger partial charge in [-0.3, -0.25) is 0 Å². The van der Waals surface area contributed by atoms with Gasteiger partial charge in [-0.1, -0.05) is 36.4 Å². The molecular formula is C17H18N2. The molecule has 1 N–H and O–H groups in total. The summed E-state index contributed by atoms with van der Waals surface area (Å²) in [6.45, 7) is 6.18. The Morgan fingerprint density at radius 2 is 1.68 bits per heavy atom. The van der Waals surface area contributed by atoms with Crippen LogP contribution in [0.15, 0.2) is 42.5 Å². The van der Waals surface area contributed by atoms with Crippen LogP contribution >= 0.6 is 0 Å². The van der Waals surface area contributed by atoms with E-state index in [2.05, 4.69) is 37.4 Å². The van der Waals surface area contributed by atoms with E-state index in [-0.39, 0.29) is 6.04 Å². The van der Waals surface area contributed by atoms with Crippen LogP contribution in [-0.2, 0) is 0 Å². The Labute approximate surface area is 114 Å². The fourth-order valence-electron chi connectivity index (χ4n) is 2.32. The van der Waals surface area contributed by atoms with Gasteiger partial charge in [-0.2, -0.15) is 5.26 Å². The lowest BCUT2D eigenvalue weighted by atomic mass is 10.0. The molecular weight excluding hydrogens is 232 g/mol. The summed E-state index contributed by atoms with van der Waals surface area (Å²) in [6.07, 6.45) is 0. The van der Waals surface area contributed by atoms with Gasteiger partial charge >= 0.3 is 0 Å². The van der Waals surface area contributed by atoms with Gasteiger partial charge in [0.25, 0.3) is 0 Å². The van der Waals surface area contributed by atoms with E-state index in [1.54, 1.807) is 0 Å². The molecule has 0 amide bonds. The first-order chi connectivity index (χ1) is 9.13. The minimum atomic E-state index is 0.176. The predicted molar refractivity (Wildman–Crippen MR) is 79.1 cm³/mol. The third-order valence-electron chi connectivity index (χ3n) is 3.41. The number of hydrogen-bond acceptors (Lipinski definition) is 2. The molecule has 0 saturated heterocycles. The van der Waals surface area contributed by atoms with Gasteiger partial charge in [0.2, 0.25) is 0 Å². The van der Waals surface area contributed by atoms with Crippen LogP contribution < -0.4 is 5.32 Å². The molecule has 0 aliphatic rings. The van der Waals surface area contributed by atoms with E-state index in [1.165, 1.54) is 11.1 Å². The minimum absolute atomic E-state index is 0.176. The lowest BCUT2D eigenvalue weighted by molar-refractivity contribution is 0.873. The van der Waals surface area contributed by atoms with Gasteiger partial charge in [0.15, 0.2) is 0 Å². The molecule has 19 heavy (non-hydrogen) atoms. The van der Waals surface area contributed by atoms with Gasteiger partial charge in [-0.25, -0.2) is 0 Å². The van der Waals surface area contributed by atoms with Crippen molar-refractivity contribution in [1.82, 2.24) is 0 Å². The highest BCUT2D eigenvalue weighted by atomic mass is 14.9. The molecule has 0 saturated carbocycles. The van der Waals surface area contributed by atoms with Crippen LogP contribution in [0.4, 0.5) is 5.69 Å². The van der Waals surface area contributed by atoms with E-state index in [0.717, 1.165) is 16.8 Å². The Kier molecular flexibility index (Phi) is 3.87. The molecule has 2 aromatic carbocycles. The molecule has 0 spiro atoms.